The van der Waals surface area contributed by atoms with E-state index in [1.54, 1.807) is 12.1 Å². The van der Waals surface area contributed by atoms with Gasteiger partial charge in [0.25, 0.3) is 10.0 Å². The summed E-state index contributed by atoms with van der Waals surface area (Å²) < 4.78 is 35.0. The van der Waals surface area contributed by atoms with Gasteiger partial charge in [-0.3, -0.25) is 0 Å². The van der Waals surface area contributed by atoms with Gasteiger partial charge in [-0.15, -0.1) is 0 Å². The molecule has 3 aromatic rings. The Morgan fingerprint density at radius 3 is 2.58 bits per heavy atom. The molecule has 2 aliphatic rings. The summed E-state index contributed by atoms with van der Waals surface area (Å²) >= 11 is 0. The number of aryl methyl sites for hydroxylation is 2. The Bertz CT molecular complexity index is 1240. The van der Waals surface area contributed by atoms with E-state index >= 15 is 0 Å². The van der Waals surface area contributed by atoms with Crippen LogP contribution in [-0.4, -0.2) is 25.0 Å². The SMILES string of the molecule is Cc1cccc(C)c1-c1cc2nc(n1)NS(=O)(=O)c1cccc(c1)C1CCC[C@H]1CO2. The third-order valence-corrected chi connectivity index (χ3v) is 7.69. The average molecular weight is 436 g/mol. The number of hydrogen-bond donors (Lipinski definition) is 1. The largest absolute Gasteiger partial charge is 0.477 e. The molecule has 0 amide bonds. The fourth-order valence-electron chi connectivity index (χ4n) is 4.85. The van der Waals surface area contributed by atoms with Gasteiger partial charge in [0.05, 0.1) is 17.2 Å². The van der Waals surface area contributed by atoms with Crippen molar-refractivity contribution < 1.29 is 13.2 Å². The van der Waals surface area contributed by atoms with Crippen LogP contribution in [0.3, 0.4) is 0 Å². The number of aromatic nitrogens is 2. The molecular weight excluding hydrogens is 410 g/mol. The lowest BCUT2D eigenvalue weighted by Gasteiger charge is -2.22. The van der Waals surface area contributed by atoms with Crippen LogP contribution in [0, 0.1) is 19.8 Å². The Morgan fingerprint density at radius 2 is 1.77 bits per heavy atom. The Hall–Kier alpha value is -2.93. The van der Waals surface area contributed by atoms with Crippen molar-refractivity contribution in [2.45, 2.75) is 43.9 Å². The number of hydrogen-bond acceptors (Lipinski definition) is 5. The van der Waals surface area contributed by atoms with Crippen molar-refractivity contribution in [2.75, 3.05) is 11.3 Å². The molecule has 1 fully saturated rings. The molecular formula is C24H25N3O3S. The van der Waals surface area contributed by atoms with Gasteiger partial charge in [0.2, 0.25) is 11.8 Å². The number of fused-ring (bicyclic) bond motifs is 6. The van der Waals surface area contributed by atoms with Crippen molar-refractivity contribution in [3.05, 3.63) is 65.2 Å². The molecule has 2 atom stereocenters. The zero-order chi connectivity index (χ0) is 21.6. The predicted octanol–water partition coefficient (Wildman–Crippen LogP) is 4.84. The lowest BCUT2D eigenvalue weighted by atomic mass is 9.89. The van der Waals surface area contributed by atoms with Crippen LogP contribution in [0.1, 0.15) is 41.9 Å². The molecule has 0 spiro atoms. The summed E-state index contributed by atoms with van der Waals surface area (Å²) in [5.74, 6) is 1.02. The van der Waals surface area contributed by atoms with Gasteiger partial charge in [0.1, 0.15) is 0 Å². The molecule has 5 rings (SSSR count). The van der Waals surface area contributed by atoms with Crippen LogP contribution >= 0.6 is 0 Å². The predicted molar refractivity (Wildman–Crippen MR) is 120 cm³/mol. The van der Waals surface area contributed by atoms with E-state index in [0.717, 1.165) is 41.5 Å². The first-order chi connectivity index (χ1) is 14.9. The van der Waals surface area contributed by atoms with E-state index < -0.39 is 10.0 Å². The van der Waals surface area contributed by atoms with Gasteiger partial charge in [-0.1, -0.05) is 36.8 Å². The minimum Gasteiger partial charge on any atom is -0.477 e. The van der Waals surface area contributed by atoms with E-state index in [1.165, 1.54) is 0 Å². The van der Waals surface area contributed by atoms with Gasteiger partial charge < -0.3 is 4.74 Å². The molecule has 1 saturated carbocycles. The van der Waals surface area contributed by atoms with Crippen LogP contribution in [0.5, 0.6) is 5.88 Å². The second-order valence-corrected chi connectivity index (χ2v) is 10.2. The molecule has 0 saturated heterocycles. The zero-order valence-corrected chi connectivity index (χ0v) is 18.4. The number of nitrogens with zero attached hydrogens (tertiary/aromatic N) is 2. The number of benzene rings is 2. The van der Waals surface area contributed by atoms with Crippen LogP contribution in [-0.2, 0) is 10.0 Å². The first kappa shape index (κ1) is 20.0. The smallest absolute Gasteiger partial charge is 0.264 e. The third-order valence-electron chi connectivity index (χ3n) is 6.37. The lowest BCUT2D eigenvalue weighted by molar-refractivity contribution is 0.231. The maximum atomic E-state index is 13.1. The Labute approximate surface area is 182 Å². The van der Waals surface area contributed by atoms with Gasteiger partial charge >= 0.3 is 0 Å². The molecule has 31 heavy (non-hydrogen) atoms. The zero-order valence-electron chi connectivity index (χ0n) is 17.6. The first-order valence-corrected chi connectivity index (χ1v) is 12.1. The summed E-state index contributed by atoms with van der Waals surface area (Å²) in [6.45, 7) is 4.58. The molecule has 6 nitrogen and oxygen atoms in total. The van der Waals surface area contributed by atoms with Crippen molar-refractivity contribution >= 4 is 16.0 Å². The third kappa shape index (κ3) is 3.78. The van der Waals surface area contributed by atoms with Crippen LogP contribution in [0.15, 0.2) is 53.4 Å². The van der Waals surface area contributed by atoms with Crippen molar-refractivity contribution in [1.82, 2.24) is 9.97 Å². The number of ether oxygens (including phenoxy) is 1. The fourth-order valence-corrected chi connectivity index (χ4v) is 5.85. The highest BCUT2D eigenvalue weighted by molar-refractivity contribution is 7.92. The molecule has 1 unspecified atom stereocenters. The van der Waals surface area contributed by atoms with Crippen LogP contribution < -0.4 is 9.46 Å². The summed E-state index contributed by atoms with van der Waals surface area (Å²) in [5, 5.41) is 0. The molecule has 1 aliphatic carbocycles. The van der Waals surface area contributed by atoms with Crippen molar-refractivity contribution in [3.63, 3.8) is 0 Å². The quantitative estimate of drug-likeness (QED) is 0.592. The van der Waals surface area contributed by atoms with Gasteiger partial charge in [-0.25, -0.2) is 18.1 Å². The van der Waals surface area contributed by atoms with Crippen LogP contribution in [0.4, 0.5) is 5.95 Å². The maximum Gasteiger partial charge on any atom is 0.264 e. The van der Waals surface area contributed by atoms with E-state index in [0.29, 0.717) is 24.1 Å². The van der Waals surface area contributed by atoms with Gasteiger partial charge in [0, 0.05) is 11.6 Å². The van der Waals surface area contributed by atoms with Crippen LogP contribution in [0.25, 0.3) is 11.3 Å². The molecule has 2 aromatic carbocycles. The normalized spacial score (nSPS) is 21.7. The van der Waals surface area contributed by atoms with Crippen molar-refractivity contribution in [3.8, 4) is 17.1 Å². The lowest BCUT2D eigenvalue weighted by Crippen LogP contribution is -2.20. The van der Waals surface area contributed by atoms with Crippen molar-refractivity contribution in [1.29, 1.82) is 0 Å². The second-order valence-electron chi connectivity index (χ2n) is 8.47. The summed E-state index contributed by atoms with van der Waals surface area (Å²) in [6.07, 6.45) is 3.20. The number of rotatable bonds is 1. The number of sulfonamides is 1. The first-order valence-electron chi connectivity index (χ1n) is 10.6. The average Bonchev–Trinajstić information content (AvgIpc) is 3.20. The topological polar surface area (TPSA) is 81.2 Å². The highest BCUT2D eigenvalue weighted by Gasteiger charge is 2.31. The number of nitrogens with one attached hydrogen (secondary N) is 1. The number of anilines is 1. The monoisotopic (exact) mass is 435 g/mol. The van der Waals surface area contributed by atoms with E-state index in [-0.39, 0.29) is 16.8 Å². The highest BCUT2D eigenvalue weighted by atomic mass is 32.2. The minimum absolute atomic E-state index is 0.0177. The van der Waals surface area contributed by atoms with Crippen LogP contribution in [0.2, 0.25) is 0 Å². The standard InChI is InChI=1S/C24H25N3O3S/c1-15-6-3-7-16(2)23(15)21-13-22-26-24(25-21)27-31(28,29)19-10-4-8-17(12-19)20-11-5-9-18(20)14-30-22/h3-4,6-8,10,12-13,18,20H,5,9,11,14H2,1-2H3,(H,25,26,27)/t18-,20?/m0/s1. The molecule has 1 aliphatic heterocycles. The summed E-state index contributed by atoms with van der Waals surface area (Å²) in [6, 6.07) is 15.1. The highest BCUT2D eigenvalue weighted by Crippen LogP contribution is 2.41. The summed E-state index contributed by atoms with van der Waals surface area (Å²) in [5.41, 5.74) is 4.77. The summed E-state index contributed by atoms with van der Waals surface area (Å²) in [7, 11) is -3.83. The van der Waals surface area contributed by atoms with Gasteiger partial charge in [0.15, 0.2) is 0 Å². The molecule has 0 radical (unpaired) electrons. The van der Waals surface area contributed by atoms with Gasteiger partial charge in [-0.2, -0.15) is 4.98 Å². The molecule has 7 heteroatoms. The maximum absolute atomic E-state index is 13.1. The summed E-state index contributed by atoms with van der Waals surface area (Å²) in [4.78, 5) is 9.16. The van der Waals surface area contributed by atoms with E-state index in [9.17, 15) is 8.42 Å². The molecule has 1 aromatic heterocycles. The Kier molecular flexibility index (Phi) is 4.93. The molecule has 2 heterocycles. The van der Waals surface area contributed by atoms with E-state index in [4.69, 9.17) is 4.74 Å². The molecule has 4 bridgehead atoms. The minimum atomic E-state index is -3.83. The van der Waals surface area contributed by atoms with E-state index in [2.05, 4.69) is 14.7 Å². The van der Waals surface area contributed by atoms with Crippen molar-refractivity contribution in [2.24, 2.45) is 5.92 Å². The van der Waals surface area contributed by atoms with E-state index in [1.807, 2.05) is 50.2 Å². The van der Waals surface area contributed by atoms with Gasteiger partial charge in [-0.05, 0) is 67.3 Å². The Balaban J connectivity index is 1.66. The molecule has 160 valence electrons. The Morgan fingerprint density at radius 1 is 1.00 bits per heavy atom. The fraction of sp³-hybridized carbons (Fsp3) is 0.333. The molecule has 1 N–H and O–H groups in total. The second kappa shape index (κ2) is 7.64.